The van der Waals surface area contributed by atoms with Crippen LogP contribution in [0.5, 0.6) is 0 Å². The minimum Gasteiger partial charge on any atom is -0.452 e. The zero-order chi connectivity index (χ0) is 14.5. The van der Waals surface area contributed by atoms with Gasteiger partial charge in [-0.3, -0.25) is 4.79 Å². The van der Waals surface area contributed by atoms with Gasteiger partial charge in [0.15, 0.2) is 6.61 Å². The number of rotatable bonds is 4. The molecule has 0 aliphatic heterocycles. The van der Waals surface area contributed by atoms with E-state index in [0.29, 0.717) is 16.8 Å². The molecule has 1 aromatic carbocycles. The van der Waals surface area contributed by atoms with Crippen LogP contribution >= 0.6 is 0 Å². The lowest BCUT2D eigenvalue weighted by Crippen LogP contribution is -2.35. The van der Waals surface area contributed by atoms with E-state index < -0.39 is 5.97 Å². The average Bonchev–Trinajstić information content (AvgIpc) is 2.92. The Bertz CT molecular complexity index is 508. The summed E-state index contributed by atoms with van der Waals surface area (Å²) in [6, 6.07) is 5.29. The van der Waals surface area contributed by atoms with Crippen molar-refractivity contribution in [2.75, 3.05) is 12.3 Å². The molecule has 0 unspecified atom stereocenters. The lowest BCUT2D eigenvalue weighted by atomic mass is 10.1. The molecule has 5 nitrogen and oxygen atoms in total. The van der Waals surface area contributed by atoms with Crippen LogP contribution in [0.15, 0.2) is 18.2 Å². The number of carbonyl (C=O) groups excluding carboxylic acids is 2. The van der Waals surface area contributed by atoms with E-state index >= 15 is 0 Å². The van der Waals surface area contributed by atoms with Crippen molar-refractivity contribution in [2.45, 2.75) is 38.6 Å². The highest BCUT2D eigenvalue weighted by atomic mass is 16.5. The minimum atomic E-state index is -0.517. The monoisotopic (exact) mass is 276 g/mol. The van der Waals surface area contributed by atoms with Gasteiger partial charge in [0.05, 0.1) is 5.56 Å². The number of hydrogen-bond acceptors (Lipinski definition) is 4. The molecule has 3 N–H and O–H groups in total. The fraction of sp³-hybridized carbons (Fsp3) is 0.467. The summed E-state index contributed by atoms with van der Waals surface area (Å²) in [4.78, 5) is 23.6. The van der Waals surface area contributed by atoms with Gasteiger partial charge in [0.1, 0.15) is 0 Å². The zero-order valence-corrected chi connectivity index (χ0v) is 11.6. The van der Waals surface area contributed by atoms with Crippen LogP contribution < -0.4 is 11.1 Å². The van der Waals surface area contributed by atoms with Crippen LogP contribution in [0.1, 0.15) is 41.6 Å². The highest BCUT2D eigenvalue weighted by Gasteiger charge is 2.18. The van der Waals surface area contributed by atoms with Crippen LogP contribution in [0, 0.1) is 6.92 Å². The van der Waals surface area contributed by atoms with E-state index in [1.165, 1.54) is 0 Å². The van der Waals surface area contributed by atoms with Crippen molar-refractivity contribution in [3.05, 3.63) is 29.3 Å². The largest absolute Gasteiger partial charge is 0.452 e. The number of ether oxygens (including phenoxy) is 1. The van der Waals surface area contributed by atoms with Crippen molar-refractivity contribution in [2.24, 2.45) is 0 Å². The van der Waals surface area contributed by atoms with Gasteiger partial charge >= 0.3 is 5.97 Å². The van der Waals surface area contributed by atoms with Crippen LogP contribution in [0.4, 0.5) is 5.69 Å². The van der Waals surface area contributed by atoms with Gasteiger partial charge in [-0.15, -0.1) is 0 Å². The van der Waals surface area contributed by atoms with E-state index in [-0.39, 0.29) is 18.6 Å². The summed E-state index contributed by atoms with van der Waals surface area (Å²) < 4.78 is 5.03. The number of nitrogen functional groups attached to an aromatic ring is 1. The fourth-order valence-corrected chi connectivity index (χ4v) is 2.42. The van der Waals surface area contributed by atoms with Gasteiger partial charge in [-0.1, -0.05) is 18.9 Å². The van der Waals surface area contributed by atoms with E-state index in [1.807, 2.05) is 0 Å². The highest BCUT2D eigenvalue weighted by Crippen LogP contribution is 2.18. The Morgan fingerprint density at radius 1 is 1.35 bits per heavy atom. The van der Waals surface area contributed by atoms with Gasteiger partial charge in [-0.05, 0) is 37.5 Å². The first-order valence-electron chi connectivity index (χ1n) is 6.89. The first-order chi connectivity index (χ1) is 9.58. The van der Waals surface area contributed by atoms with Crippen molar-refractivity contribution >= 4 is 17.6 Å². The highest BCUT2D eigenvalue weighted by molar-refractivity contribution is 5.94. The van der Waals surface area contributed by atoms with Crippen LogP contribution in [0.25, 0.3) is 0 Å². The third-order valence-corrected chi connectivity index (χ3v) is 3.65. The number of benzene rings is 1. The van der Waals surface area contributed by atoms with Gasteiger partial charge in [0.2, 0.25) is 0 Å². The number of nitrogens with one attached hydrogen (secondary N) is 1. The smallest absolute Gasteiger partial charge is 0.338 e. The molecule has 2 rings (SSSR count). The van der Waals surface area contributed by atoms with E-state index in [9.17, 15) is 9.59 Å². The quantitative estimate of drug-likeness (QED) is 0.649. The molecule has 1 fully saturated rings. The summed E-state index contributed by atoms with van der Waals surface area (Å²) in [5.41, 5.74) is 7.35. The molecular weight excluding hydrogens is 256 g/mol. The standard InChI is InChI=1S/C15H20N2O3/c1-10-12(7-4-8-13(10)16)15(19)20-9-14(18)17-11-5-2-3-6-11/h4,7-8,11H,2-3,5-6,9,16H2,1H3,(H,17,18). The Balaban J connectivity index is 1.85. The van der Waals surface area contributed by atoms with Gasteiger partial charge in [-0.2, -0.15) is 0 Å². The van der Waals surface area contributed by atoms with Crippen molar-refractivity contribution in [1.29, 1.82) is 0 Å². The molecule has 108 valence electrons. The Hall–Kier alpha value is -2.04. The Kier molecular flexibility index (Phi) is 4.61. The molecule has 1 amide bonds. The molecule has 0 atom stereocenters. The SMILES string of the molecule is Cc1c(N)cccc1C(=O)OCC(=O)NC1CCCC1. The van der Waals surface area contributed by atoms with Crippen molar-refractivity contribution in [3.8, 4) is 0 Å². The Morgan fingerprint density at radius 2 is 2.05 bits per heavy atom. The molecule has 20 heavy (non-hydrogen) atoms. The summed E-state index contributed by atoms with van der Waals surface area (Å²) in [5, 5.41) is 2.87. The predicted molar refractivity (Wildman–Crippen MR) is 76.3 cm³/mol. The minimum absolute atomic E-state index is 0.232. The van der Waals surface area contributed by atoms with Gasteiger partial charge < -0.3 is 15.8 Å². The maximum Gasteiger partial charge on any atom is 0.338 e. The molecule has 1 aromatic rings. The first kappa shape index (κ1) is 14.4. The molecule has 0 radical (unpaired) electrons. The van der Waals surface area contributed by atoms with Crippen molar-refractivity contribution in [1.82, 2.24) is 5.32 Å². The molecular formula is C15H20N2O3. The lowest BCUT2D eigenvalue weighted by Gasteiger charge is -2.12. The van der Waals surface area contributed by atoms with Crippen molar-refractivity contribution < 1.29 is 14.3 Å². The third kappa shape index (κ3) is 3.50. The van der Waals surface area contributed by atoms with E-state index in [1.54, 1.807) is 25.1 Å². The molecule has 0 heterocycles. The van der Waals surface area contributed by atoms with Gasteiger partial charge in [-0.25, -0.2) is 4.79 Å². The number of amides is 1. The van der Waals surface area contributed by atoms with E-state index in [2.05, 4.69) is 5.32 Å². The molecule has 0 bridgehead atoms. The summed E-state index contributed by atoms with van der Waals surface area (Å²) in [6.07, 6.45) is 4.31. The average molecular weight is 276 g/mol. The Morgan fingerprint density at radius 3 is 2.75 bits per heavy atom. The summed E-state index contributed by atoms with van der Waals surface area (Å²) in [7, 11) is 0. The molecule has 0 saturated heterocycles. The molecule has 1 aliphatic carbocycles. The van der Waals surface area contributed by atoms with Gasteiger partial charge in [0.25, 0.3) is 5.91 Å². The molecule has 5 heteroatoms. The topological polar surface area (TPSA) is 81.4 Å². The number of anilines is 1. The van der Waals surface area contributed by atoms with Crippen LogP contribution in [-0.4, -0.2) is 24.5 Å². The number of nitrogens with two attached hydrogens (primary N) is 1. The Labute approximate surface area is 118 Å². The summed E-state index contributed by atoms with van der Waals surface area (Å²) >= 11 is 0. The summed E-state index contributed by atoms with van der Waals surface area (Å²) in [5.74, 6) is -0.761. The third-order valence-electron chi connectivity index (χ3n) is 3.65. The molecule has 0 spiro atoms. The number of esters is 1. The predicted octanol–water partition coefficient (Wildman–Crippen LogP) is 1.79. The van der Waals surface area contributed by atoms with Crippen LogP contribution in [0.2, 0.25) is 0 Å². The maximum atomic E-state index is 11.9. The normalized spacial score (nSPS) is 15.1. The number of carbonyl (C=O) groups is 2. The van der Waals surface area contributed by atoms with E-state index in [0.717, 1.165) is 25.7 Å². The fourth-order valence-electron chi connectivity index (χ4n) is 2.42. The molecule has 1 aliphatic rings. The number of hydrogen-bond donors (Lipinski definition) is 2. The summed E-state index contributed by atoms with van der Waals surface area (Å²) in [6.45, 7) is 1.51. The lowest BCUT2D eigenvalue weighted by molar-refractivity contribution is -0.124. The van der Waals surface area contributed by atoms with E-state index in [4.69, 9.17) is 10.5 Å². The van der Waals surface area contributed by atoms with Crippen molar-refractivity contribution in [3.63, 3.8) is 0 Å². The second-order valence-electron chi connectivity index (χ2n) is 5.14. The van der Waals surface area contributed by atoms with Crippen LogP contribution in [-0.2, 0) is 9.53 Å². The molecule has 0 aromatic heterocycles. The maximum absolute atomic E-state index is 11.9. The second-order valence-corrected chi connectivity index (χ2v) is 5.14. The molecule has 1 saturated carbocycles. The second kappa shape index (κ2) is 6.41. The first-order valence-corrected chi connectivity index (χ1v) is 6.89. The zero-order valence-electron chi connectivity index (χ0n) is 11.6. The van der Waals surface area contributed by atoms with Gasteiger partial charge in [0, 0.05) is 11.7 Å². The van der Waals surface area contributed by atoms with Crippen LogP contribution in [0.3, 0.4) is 0 Å².